The van der Waals surface area contributed by atoms with Crippen molar-refractivity contribution < 1.29 is 22.5 Å². The standard InChI is InChI=1S/C47H48O5S/c48-45(52-42-9-10-43(53(49,50)51)36-4-2-1-3-35(36)42)41-19-39-34-7-5-33(47-23-29-14-30(24-47)16-31(15-29)25-47)18-40(34)44(41)37-8-6-32(17-38(37)39)46-20-26-11-27(21-46)13-28(12-26)22-46/h1-10,17-18,26-31,39,41,44H,11-16,19-25H2,(H,49,50,51)/p-1. The molecule has 0 amide bonds. The number of hydrogen-bond acceptors (Lipinski definition) is 5. The molecule has 0 N–H and O–H groups in total. The van der Waals surface area contributed by atoms with Crippen LogP contribution < -0.4 is 4.74 Å². The van der Waals surface area contributed by atoms with Crippen LogP contribution >= 0.6 is 0 Å². The minimum atomic E-state index is -4.70. The Morgan fingerprint density at radius 2 is 1.09 bits per heavy atom. The van der Waals surface area contributed by atoms with Crippen LogP contribution in [0, 0.1) is 41.4 Å². The largest absolute Gasteiger partial charge is 0.744 e. The molecule has 0 radical (unpaired) electrons. The second-order valence-corrected chi connectivity index (χ2v) is 20.8. The Morgan fingerprint density at radius 3 is 1.64 bits per heavy atom. The number of hydrogen-bond donors (Lipinski definition) is 0. The monoisotopic (exact) mass is 723 g/mol. The van der Waals surface area contributed by atoms with Crippen LogP contribution in [0.4, 0.5) is 0 Å². The van der Waals surface area contributed by atoms with E-state index in [9.17, 15) is 17.8 Å². The van der Waals surface area contributed by atoms with Gasteiger partial charge in [0.2, 0.25) is 0 Å². The van der Waals surface area contributed by atoms with Gasteiger partial charge in [0.1, 0.15) is 15.9 Å². The summed E-state index contributed by atoms with van der Waals surface area (Å²) in [5.41, 5.74) is 9.08. The molecule has 272 valence electrons. The molecule has 8 saturated carbocycles. The number of ether oxygens (including phenoxy) is 1. The van der Waals surface area contributed by atoms with Crippen molar-refractivity contribution in [2.45, 2.75) is 111 Å². The second kappa shape index (κ2) is 10.8. The van der Waals surface area contributed by atoms with Crippen LogP contribution in [-0.2, 0) is 25.7 Å². The normalized spacial score (nSPS) is 38.2. The lowest BCUT2D eigenvalue weighted by atomic mass is 9.47. The van der Waals surface area contributed by atoms with E-state index in [0.717, 1.165) is 35.5 Å². The van der Waals surface area contributed by atoms with Gasteiger partial charge in [-0.05, 0) is 175 Å². The summed E-state index contributed by atoms with van der Waals surface area (Å²) in [5.74, 6) is 4.94. The SMILES string of the molecule is O=C(Oc1ccc(S(=O)(=O)[O-])c2ccccc12)C1CC2c3cc(C45CC6CC(CC(C6)C4)C5)ccc3C1c1cc(C34CC5CC(CC(C5)C3)C4)ccc12. The third-order valence-electron chi connectivity index (χ3n) is 16.4. The van der Waals surface area contributed by atoms with Crippen molar-refractivity contribution in [2.24, 2.45) is 41.4 Å². The molecular weight excluding hydrogens is 677 g/mol. The summed E-state index contributed by atoms with van der Waals surface area (Å²) in [6, 6.07) is 24.5. The minimum Gasteiger partial charge on any atom is -0.744 e. The highest BCUT2D eigenvalue weighted by Gasteiger charge is 2.55. The summed E-state index contributed by atoms with van der Waals surface area (Å²) in [6.45, 7) is 0. The average molecular weight is 724 g/mol. The van der Waals surface area contributed by atoms with Crippen LogP contribution in [0.3, 0.4) is 0 Å². The smallest absolute Gasteiger partial charge is 0.315 e. The van der Waals surface area contributed by atoms with Crippen LogP contribution in [0.1, 0.15) is 129 Å². The summed E-state index contributed by atoms with van der Waals surface area (Å²) in [5, 5.41) is 0.745. The van der Waals surface area contributed by atoms with Gasteiger partial charge >= 0.3 is 5.97 Å². The summed E-state index contributed by atoms with van der Waals surface area (Å²) in [4.78, 5) is 14.3. The van der Waals surface area contributed by atoms with Gasteiger partial charge in [-0.2, -0.15) is 0 Å². The first-order valence-corrected chi connectivity index (χ1v) is 22.0. The summed E-state index contributed by atoms with van der Waals surface area (Å²) in [6.07, 6.45) is 17.2. The lowest BCUT2D eigenvalue weighted by molar-refractivity contribution is -0.140. The zero-order chi connectivity index (χ0) is 35.4. The molecule has 15 rings (SSSR count). The van der Waals surface area contributed by atoms with Crippen molar-refractivity contribution >= 4 is 26.9 Å². The maximum Gasteiger partial charge on any atom is 0.315 e. The molecule has 3 unspecified atom stereocenters. The van der Waals surface area contributed by atoms with Crippen molar-refractivity contribution in [2.75, 3.05) is 0 Å². The van der Waals surface area contributed by atoms with Crippen molar-refractivity contribution in [1.29, 1.82) is 0 Å². The molecule has 0 saturated heterocycles. The van der Waals surface area contributed by atoms with Crippen molar-refractivity contribution in [3.8, 4) is 5.75 Å². The van der Waals surface area contributed by atoms with Gasteiger partial charge < -0.3 is 9.29 Å². The fraction of sp³-hybridized carbons (Fsp3) is 0.511. The van der Waals surface area contributed by atoms with E-state index < -0.39 is 10.1 Å². The van der Waals surface area contributed by atoms with Gasteiger partial charge in [0.05, 0.1) is 10.8 Å². The number of carbonyl (C=O) groups is 1. The zero-order valence-corrected chi connectivity index (χ0v) is 31.1. The molecular formula is C47H47O5S-. The Hall–Kier alpha value is -3.48. The maximum absolute atomic E-state index is 14.6. The summed E-state index contributed by atoms with van der Waals surface area (Å²) >= 11 is 0. The van der Waals surface area contributed by atoms with E-state index in [2.05, 4.69) is 36.4 Å². The fourth-order valence-corrected chi connectivity index (χ4v) is 16.0. The molecule has 8 fully saturated rings. The highest BCUT2D eigenvalue weighted by atomic mass is 32.2. The molecule has 0 aliphatic heterocycles. The molecule has 11 aliphatic carbocycles. The molecule has 11 aliphatic rings. The number of carbonyl (C=O) groups excluding carboxylic acids is 1. The number of benzene rings is 4. The molecule has 0 heterocycles. The van der Waals surface area contributed by atoms with Gasteiger partial charge in [-0.25, -0.2) is 8.42 Å². The molecule has 10 bridgehead atoms. The minimum absolute atomic E-state index is 0.0932. The first-order valence-electron chi connectivity index (χ1n) is 20.6. The van der Waals surface area contributed by atoms with Crippen LogP contribution in [-0.4, -0.2) is 18.9 Å². The van der Waals surface area contributed by atoms with E-state index in [1.54, 1.807) is 29.8 Å². The van der Waals surface area contributed by atoms with E-state index in [0.29, 0.717) is 23.0 Å². The van der Waals surface area contributed by atoms with Gasteiger partial charge in [-0.3, -0.25) is 4.79 Å². The maximum atomic E-state index is 14.6. The lowest BCUT2D eigenvalue weighted by Gasteiger charge is -2.58. The topological polar surface area (TPSA) is 83.5 Å². The van der Waals surface area contributed by atoms with E-state index in [1.165, 1.54) is 117 Å². The Bertz CT molecular complexity index is 2290. The Balaban J connectivity index is 0.955. The first-order chi connectivity index (χ1) is 25.6. The zero-order valence-electron chi connectivity index (χ0n) is 30.3. The van der Waals surface area contributed by atoms with Crippen molar-refractivity contribution in [3.05, 3.63) is 106 Å². The number of esters is 1. The summed E-state index contributed by atoms with van der Waals surface area (Å²) in [7, 11) is -4.70. The third-order valence-corrected chi connectivity index (χ3v) is 17.3. The highest BCUT2D eigenvalue weighted by molar-refractivity contribution is 7.86. The molecule has 4 aromatic carbocycles. The van der Waals surface area contributed by atoms with Gasteiger partial charge in [0.15, 0.2) is 0 Å². The molecule has 5 nitrogen and oxygen atoms in total. The van der Waals surface area contributed by atoms with E-state index in [-0.39, 0.29) is 39.4 Å². The van der Waals surface area contributed by atoms with Crippen molar-refractivity contribution in [3.63, 3.8) is 0 Å². The summed E-state index contributed by atoms with van der Waals surface area (Å²) < 4.78 is 42.6. The molecule has 6 heteroatoms. The Morgan fingerprint density at radius 1 is 0.585 bits per heavy atom. The predicted octanol–water partition coefficient (Wildman–Crippen LogP) is 9.88. The second-order valence-electron chi connectivity index (χ2n) is 19.4. The van der Waals surface area contributed by atoms with Gasteiger partial charge in [-0.15, -0.1) is 0 Å². The van der Waals surface area contributed by atoms with Crippen LogP contribution in [0.15, 0.2) is 77.7 Å². The average Bonchev–Trinajstić information content (AvgIpc) is 3.13. The van der Waals surface area contributed by atoms with Crippen LogP contribution in [0.25, 0.3) is 10.8 Å². The van der Waals surface area contributed by atoms with Crippen LogP contribution in [0.5, 0.6) is 5.75 Å². The first kappa shape index (κ1) is 31.8. The third kappa shape index (κ3) is 4.63. The lowest BCUT2D eigenvalue weighted by Crippen LogP contribution is -2.49. The van der Waals surface area contributed by atoms with Crippen molar-refractivity contribution in [1.82, 2.24) is 0 Å². The Labute approximate surface area is 312 Å². The van der Waals surface area contributed by atoms with E-state index in [1.807, 2.05) is 0 Å². The van der Waals surface area contributed by atoms with Gasteiger partial charge in [-0.1, -0.05) is 60.7 Å². The number of fused-ring (bicyclic) bond motifs is 2. The highest BCUT2D eigenvalue weighted by Crippen LogP contribution is 2.64. The van der Waals surface area contributed by atoms with E-state index in [4.69, 9.17) is 4.74 Å². The number of rotatable bonds is 5. The fourth-order valence-electron chi connectivity index (χ4n) is 15.3. The van der Waals surface area contributed by atoms with Gasteiger partial charge in [0.25, 0.3) is 0 Å². The Kier molecular flexibility index (Phi) is 6.51. The molecule has 4 aromatic rings. The van der Waals surface area contributed by atoms with Crippen LogP contribution in [0.2, 0.25) is 0 Å². The quantitative estimate of drug-likeness (QED) is 0.116. The molecule has 0 spiro atoms. The molecule has 3 atom stereocenters. The molecule has 53 heavy (non-hydrogen) atoms. The van der Waals surface area contributed by atoms with Gasteiger partial charge in [0, 0.05) is 22.6 Å². The predicted molar refractivity (Wildman–Crippen MR) is 202 cm³/mol. The van der Waals surface area contributed by atoms with E-state index >= 15 is 0 Å². The molecule has 0 aromatic heterocycles.